The van der Waals surface area contributed by atoms with E-state index in [1.807, 2.05) is 11.7 Å². The van der Waals surface area contributed by atoms with Gasteiger partial charge in [0.25, 0.3) is 0 Å². The van der Waals surface area contributed by atoms with Gasteiger partial charge in [-0.3, -0.25) is 4.68 Å². The molecule has 2 aliphatic carbocycles. The fraction of sp³-hybridized carbons (Fsp3) is 0.750. The average molecular weight is 205 g/mol. The fourth-order valence-electron chi connectivity index (χ4n) is 3.23. The number of nitrogen functional groups attached to an aromatic ring is 1. The SMILES string of the molecule is CCc1c(C2CC3CC3C2)nn(C)c1N. The van der Waals surface area contributed by atoms with Gasteiger partial charge in [-0.25, -0.2) is 0 Å². The molecule has 0 aliphatic heterocycles. The molecule has 0 aromatic carbocycles. The number of hydrogen-bond acceptors (Lipinski definition) is 2. The second-order valence-electron chi connectivity index (χ2n) is 5.15. The summed E-state index contributed by atoms with van der Waals surface area (Å²) in [7, 11) is 1.95. The van der Waals surface area contributed by atoms with Gasteiger partial charge in [-0.1, -0.05) is 6.92 Å². The Morgan fingerprint density at radius 1 is 1.33 bits per heavy atom. The molecule has 1 aromatic heterocycles. The maximum atomic E-state index is 6.03. The van der Waals surface area contributed by atoms with Gasteiger partial charge in [0, 0.05) is 18.5 Å². The van der Waals surface area contributed by atoms with Crippen molar-refractivity contribution in [1.82, 2.24) is 9.78 Å². The molecule has 3 heteroatoms. The molecule has 0 radical (unpaired) electrons. The van der Waals surface area contributed by atoms with Crippen LogP contribution in [0.5, 0.6) is 0 Å². The number of rotatable bonds is 2. The Kier molecular flexibility index (Phi) is 1.85. The lowest BCUT2D eigenvalue weighted by Crippen LogP contribution is -2.01. The lowest BCUT2D eigenvalue weighted by molar-refractivity contribution is 0.589. The molecule has 2 saturated carbocycles. The number of aryl methyl sites for hydroxylation is 1. The first-order valence-electron chi connectivity index (χ1n) is 6.02. The summed E-state index contributed by atoms with van der Waals surface area (Å²) in [6.07, 6.45) is 5.20. The summed E-state index contributed by atoms with van der Waals surface area (Å²) >= 11 is 0. The highest BCUT2D eigenvalue weighted by atomic mass is 15.3. The molecule has 2 unspecified atom stereocenters. The molecule has 2 fully saturated rings. The van der Waals surface area contributed by atoms with Crippen molar-refractivity contribution in [3.63, 3.8) is 0 Å². The summed E-state index contributed by atoms with van der Waals surface area (Å²) < 4.78 is 1.85. The largest absolute Gasteiger partial charge is 0.384 e. The molecular weight excluding hydrogens is 186 g/mol. The third-order valence-electron chi connectivity index (χ3n) is 4.21. The normalized spacial score (nSPS) is 33.1. The molecule has 0 spiro atoms. The highest BCUT2D eigenvalue weighted by Gasteiger charge is 2.47. The predicted octanol–water partition coefficient (Wildman–Crippen LogP) is 2.08. The van der Waals surface area contributed by atoms with Crippen LogP contribution in [0.25, 0.3) is 0 Å². The first kappa shape index (κ1) is 9.25. The second-order valence-corrected chi connectivity index (χ2v) is 5.15. The van der Waals surface area contributed by atoms with Crippen LogP contribution in [-0.4, -0.2) is 9.78 Å². The maximum absolute atomic E-state index is 6.03. The van der Waals surface area contributed by atoms with E-state index >= 15 is 0 Å². The van der Waals surface area contributed by atoms with Crippen LogP contribution in [0.1, 0.15) is 43.4 Å². The van der Waals surface area contributed by atoms with Crippen molar-refractivity contribution in [2.75, 3.05) is 5.73 Å². The Morgan fingerprint density at radius 3 is 2.60 bits per heavy atom. The minimum absolute atomic E-state index is 0.701. The van der Waals surface area contributed by atoms with Crippen molar-refractivity contribution in [2.45, 2.75) is 38.5 Å². The van der Waals surface area contributed by atoms with Gasteiger partial charge < -0.3 is 5.73 Å². The van der Waals surface area contributed by atoms with Gasteiger partial charge in [0.05, 0.1) is 5.69 Å². The van der Waals surface area contributed by atoms with Gasteiger partial charge >= 0.3 is 0 Å². The minimum Gasteiger partial charge on any atom is -0.384 e. The maximum Gasteiger partial charge on any atom is 0.124 e. The van der Waals surface area contributed by atoms with E-state index in [0.29, 0.717) is 5.92 Å². The molecule has 2 atom stereocenters. The molecule has 0 saturated heterocycles. The number of aromatic nitrogens is 2. The molecule has 1 heterocycles. The van der Waals surface area contributed by atoms with Crippen LogP contribution < -0.4 is 5.73 Å². The zero-order valence-electron chi connectivity index (χ0n) is 9.53. The van der Waals surface area contributed by atoms with Crippen molar-refractivity contribution in [1.29, 1.82) is 0 Å². The van der Waals surface area contributed by atoms with Crippen LogP contribution in [0.15, 0.2) is 0 Å². The lowest BCUT2D eigenvalue weighted by atomic mass is 9.95. The summed E-state index contributed by atoms with van der Waals surface area (Å²) in [5, 5.41) is 4.61. The summed E-state index contributed by atoms with van der Waals surface area (Å²) in [5.74, 6) is 3.60. The van der Waals surface area contributed by atoms with Crippen LogP contribution >= 0.6 is 0 Å². The summed E-state index contributed by atoms with van der Waals surface area (Å²) in [6.45, 7) is 2.17. The van der Waals surface area contributed by atoms with Crippen molar-refractivity contribution in [2.24, 2.45) is 18.9 Å². The monoisotopic (exact) mass is 205 g/mol. The number of anilines is 1. The van der Waals surface area contributed by atoms with Gasteiger partial charge in [-0.2, -0.15) is 5.10 Å². The van der Waals surface area contributed by atoms with Crippen molar-refractivity contribution in [3.05, 3.63) is 11.3 Å². The van der Waals surface area contributed by atoms with E-state index in [2.05, 4.69) is 12.0 Å². The van der Waals surface area contributed by atoms with Crippen LogP contribution in [0.3, 0.4) is 0 Å². The summed E-state index contributed by atoms with van der Waals surface area (Å²) in [6, 6.07) is 0. The number of nitrogens with two attached hydrogens (primary N) is 1. The van der Waals surface area contributed by atoms with Crippen LogP contribution in [0.4, 0.5) is 5.82 Å². The van der Waals surface area contributed by atoms with Gasteiger partial charge in [0.15, 0.2) is 0 Å². The van der Waals surface area contributed by atoms with E-state index in [0.717, 1.165) is 24.1 Å². The van der Waals surface area contributed by atoms with Gasteiger partial charge in [-0.15, -0.1) is 0 Å². The van der Waals surface area contributed by atoms with Crippen LogP contribution in [-0.2, 0) is 13.5 Å². The van der Waals surface area contributed by atoms with E-state index in [9.17, 15) is 0 Å². The molecule has 0 bridgehead atoms. The highest BCUT2D eigenvalue weighted by molar-refractivity contribution is 5.45. The Bertz CT molecular complexity index is 384. The summed E-state index contributed by atoms with van der Waals surface area (Å²) in [4.78, 5) is 0. The van der Waals surface area contributed by atoms with E-state index in [1.54, 1.807) is 0 Å². The molecular formula is C12H19N3. The van der Waals surface area contributed by atoms with Crippen molar-refractivity contribution >= 4 is 5.82 Å². The van der Waals surface area contributed by atoms with Gasteiger partial charge in [-0.05, 0) is 37.5 Å². The van der Waals surface area contributed by atoms with E-state index in [1.165, 1.54) is 30.5 Å². The third kappa shape index (κ3) is 1.29. The lowest BCUT2D eigenvalue weighted by Gasteiger charge is -2.10. The Morgan fingerprint density at radius 2 is 2.00 bits per heavy atom. The molecule has 3 rings (SSSR count). The molecule has 0 amide bonds. The number of fused-ring (bicyclic) bond motifs is 1. The van der Waals surface area contributed by atoms with Crippen molar-refractivity contribution in [3.8, 4) is 0 Å². The zero-order valence-corrected chi connectivity index (χ0v) is 9.53. The van der Waals surface area contributed by atoms with E-state index in [-0.39, 0.29) is 0 Å². The molecule has 2 aliphatic rings. The van der Waals surface area contributed by atoms with Crippen LogP contribution in [0, 0.1) is 11.8 Å². The Labute approximate surface area is 90.7 Å². The molecule has 2 N–H and O–H groups in total. The standard InChI is InChI=1S/C12H19N3/c1-3-10-11(14-15(2)12(10)13)9-5-7-4-8(7)6-9/h7-9H,3-6,13H2,1-2H3. The third-order valence-corrected chi connectivity index (χ3v) is 4.21. The summed E-state index contributed by atoms with van der Waals surface area (Å²) in [5.41, 5.74) is 8.62. The van der Waals surface area contributed by atoms with Crippen LogP contribution in [0.2, 0.25) is 0 Å². The first-order chi connectivity index (χ1) is 7.20. The number of hydrogen-bond donors (Lipinski definition) is 1. The van der Waals surface area contributed by atoms with E-state index < -0.39 is 0 Å². The minimum atomic E-state index is 0.701. The topological polar surface area (TPSA) is 43.8 Å². The quantitative estimate of drug-likeness (QED) is 0.803. The number of nitrogens with zero attached hydrogens (tertiary/aromatic N) is 2. The Balaban J connectivity index is 1.93. The second kappa shape index (κ2) is 3.00. The Hall–Kier alpha value is -0.990. The molecule has 3 nitrogen and oxygen atoms in total. The predicted molar refractivity (Wildman–Crippen MR) is 60.6 cm³/mol. The first-order valence-corrected chi connectivity index (χ1v) is 6.02. The fourth-order valence-corrected chi connectivity index (χ4v) is 3.23. The molecule has 1 aromatic rings. The van der Waals surface area contributed by atoms with E-state index in [4.69, 9.17) is 5.73 Å². The van der Waals surface area contributed by atoms with Gasteiger partial charge in [0.1, 0.15) is 5.82 Å². The highest BCUT2D eigenvalue weighted by Crippen LogP contribution is 2.57. The smallest absolute Gasteiger partial charge is 0.124 e. The average Bonchev–Trinajstić information content (AvgIpc) is 2.72. The van der Waals surface area contributed by atoms with Gasteiger partial charge in [0.2, 0.25) is 0 Å². The van der Waals surface area contributed by atoms with Crippen molar-refractivity contribution < 1.29 is 0 Å². The molecule has 82 valence electrons. The molecule has 15 heavy (non-hydrogen) atoms. The zero-order chi connectivity index (χ0) is 10.6.